The highest BCUT2D eigenvalue weighted by Crippen LogP contribution is 2.16. The molecule has 0 bridgehead atoms. The fraction of sp³-hybridized carbons (Fsp3) is 0.579. The highest BCUT2D eigenvalue weighted by Gasteiger charge is 2.27. The van der Waals surface area contributed by atoms with Gasteiger partial charge in [0.25, 0.3) is 0 Å². The molecule has 1 amide bonds. The summed E-state index contributed by atoms with van der Waals surface area (Å²) in [5.41, 5.74) is 1.57. The number of hydrogen-bond acceptors (Lipinski definition) is 3. The van der Waals surface area contributed by atoms with Crippen LogP contribution in [0.3, 0.4) is 0 Å². The Balaban J connectivity index is 0.00000420. The SMILES string of the molecule is CCNC(=NCc1cccc(COCC(F)(F)F)c1)N1CCN(C(C)=O)CC1.I. The number of halogens is 4. The lowest BCUT2D eigenvalue weighted by Crippen LogP contribution is -2.53. The molecular formula is C19H28F3IN4O2. The molecule has 1 N–H and O–H groups in total. The number of ether oxygens (including phenoxy) is 1. The molecular weight excluding hydrogens is 500 g/mol. The van der Waals surface area contributed by atoms with E-state index in [1.165, 1.54) is 0 Å². The van der Waals surface area contributed by atoms with E-state index in [1.54, 1.807) is 25.1 Å². The van der Waals surface area contributed by atoms with Crippen LogP contribution < -0.4 is 5.32 Å². The maximum absolute atomic E-state index is 12.2. The Morgan fingerprint density at radius 2 is 1.79 bits per heavy atom. The van der Waals surface area contributed by atoms with Gasteiger partial charge >= 0.3 is 6.18 Å². The number of nitrogens with zero attached hydrogens (tertiary/aromatic N) is 3. The fourth-order valence-corrected chi connectivity index (χ4v) is 2.93. The Hall–Kier alpha value is -1.56. The summed E-state index contributed by atoms with van der Waals surface area (Å²) in [6.45, 7) is 6.06. The van der Waals surface area contributed by atoms with Crippen molar-refractivity contribution in [3.8, 4) is 0 Å². The minimum atomic E-state index is -4.32. The Morgan fingerprint density at radius 1 is 1.17 bits per heavy atom. The molecule has 0 aliphatic carbocycles. The van der Waals surface area contributed by atoms with Crippen molar-refractivity contribution in [3.05, 3.63) is 35.4 Å². The first-order chi connectivity index (χ1) is 13.3. The van der Waals surface area contributed by atoms with E-state index in [-0.39, 0.29) is 36.5 Å². The normalized spacial score (nSPS) is 15.1. The molecule has 1 aromatic carbocycles. The fourth-order valence-electron chi connectivity index (χ4n) is 2.93. The second kappa shape index (κ2) is 12.2. The first kappa shape index (κ1) is 25.5. The van der Waals surface area contributed by atoms with Gasteiger partial charge in [-0.3, -0.25) is 4.79 Å². The molecule has 0 atom stereocenters. The lowest BCUT2D eigenvalue weighted by Gasteiger charge is -2.36. The Kier molecular flexibility index (Phi) is 10.7. The molecule has 1 aromatic rings. The van der Waals surface area contributed by atoms with Gasteiger partial charge in [-0.1, -0.05) is 24.3 Å². The average molecular weight is 528 g/mol. The van der Waals surface area contributed by atoms with E-state index in [0.29, 0.717) is 38.3 Å². The van der Waals surface area contributed by atoms with Gasteiger partial charge in [0.2, 0.25) is 5.91 Å². The first-order valence-electron chi connectivity index (χ1n) is 9.29. The summed E-state index contributed by atoms with van der Waals surface area (Å²) in [6, 6.07) is 7.20. The van der Waals surface area contributed by atoms with Crippen molar-refractivity contribution >= 4 is 35.8 Å². The molecule has 1 fully saturated rings. The maximum Gasteiger partial charge on any atom is 0.411 e. The predicted octanol–water partition coefficient (Wildman–Crippen LogP) is 3.01. The van der Waals surface area contributed by atoms with E-state index in [0.717, 1.165) is 18.1 Å². The number of piperazine rings is 1. The number of rotatable bonds is 6. The first-order valence-corrected chi connectivity index (χ1v) is 9.29. The topological polar surface area (TPSA) is 57.2 Å². The van der Waals surface area contributed by atoms with Crippen LogP contribution in [0.25, 0.3) is 0 Å². The maximum atomic E-state index is 12.2. The molecule has 1 aliphatic rings. The van der Waals surface area contributed by atoms with Gasteiger partial charge < -0.3 is 19.9 Å². The summed E-state index contributed by atoms with van der Waals surface area (Å²) in [7, 11) is 0. The summed E-state index contributed by atoms with van der Waals surface area (Å²) < 4.78 is 41.3. The molecule has 1 heterocycles. The summed E-state index contributed by atoms with van der Waals surface area (Å²) in [4.78, 5) is 20.0. The number of carbonyl (C=O) groups excluding carboxylic acids is 1. The van der Waals surface area contributed by atoms with Crippen LogP contribution in [-0.4, -0.2) is 67.2 Å². The largest absolute Gasteiger partial charge is 0.411 e. The molecule has 29 heavy (non-hydrogen) atoms. The van der Waals surface area contributed by atoms with Crippen LogP contribution >= 0.6 is 24.0 Å². The van der Waals surface area contributed by atoms with Crippen LogP contribution in [0.1, 0.15) is 25.0 Å². The third kappa shape index (κ3) is 9.20. The van der Waals surface area contributed by atoms with Crippen LogP contribution in [0.2, 0.25) is 0 Å². The number of amides is 1. The van der Waals surface area contributed by atoms with E-state index in [1.807, 2.05) is 17.9 Å². The number of nitrogens with one attached hydrogen (secondary N) is 1. The second-order valence-corrected chi connectivity index (χ2v) is 6.59. The van der Waals surface area contributed by atoms with Crippen molar-refractivity contribution in [2.45, 2.75) is 33.2 Å². The number of guanidine groups is 1. The summed E-state index contributed by atoms with van der Waals surface area (Å²) >= 11 is 0. The molecule has 0 saturated carbocycles. The van der Waals surface area contributed by atoms with Crippen LogP contribution in [0.5, 0.6) is 0 Å². The van der Waals surface area contributed by atoms with Crippen LogP contribution in [0.15, 0.2) is 29.3 Å². The summed E-state index contributed by atoms with van der Waals surface area (Å²) in [5, 5.41) is 3.25. The van der Waals surface area contributed by atoms with Gasteiger partial charge in [-0.2, -0.15) is 13.2 Å². The standard InChI is InChI=1S/C19H27F3N4O2.HI/c1-3-23-18(26-9-7-25(8-10-26)15(2)27)24-12-16-5-4-6-17(11-16)13-28-14-19(20,21)22;/h4-6,11H,3,7-10,12-14H2,1-2H3,(H,23,24);1H. The zero-order valence-corrected chi connectivity index (χ0v) is 19.0. The predicted molar refractivity (Wildman–Crippen MR) is 116 cm³/mol. The quantitative estimate of drug-likeness (QED) is 0.351. The summed E-state index contributed by atoms with van der Waals surface area (Å²) in [6.07, 6.45) is -4.32. The molecule has 0 spiro atoms. The van der Waals surface area contributed by atoms with Crippen molar-refractivity contribution in [1.29, 1.82) is 0 Å². The Morgan fingerprint density at radius 3 is 2.38 bits per heavy atom. The Bertz CT molecular complexity index is 678. The zero-order valence-electron chi connectivity index (χ0n) is 16.7. The number of aliphatic imine (C=N–C) groups is 1. The van der Waals surface area contributed by atoms with Gasteiger partial charge in [0.15, 0.2) is 5.96 Å². The highest BCUT2D eigenvalue weighted by molar-refractivity contribution is 14.0. The number of carbonyl (C=O) groups is 1. The molecule has 6 nitrogen and oxygen atoms in total. The highest BCUT2D eigenvalue weighted by atomic mass is 127. The van der Waals surface area contributed by atoms with Gasteiger partial charge in [-0.05, 0) is 18.1 Å². The van der Waals surface area contributed by atoms with Crippen molar-refractivity contribution in [3.63, 3.8) is 0 Å². The van der Waals surface area contributed by atoms with Gasteiger partial charge in [0.05, 0.1) is 13.2 Å². The number of benzene rings is 1. The minimum absolute atomic E-state index is 0. The van der Waals surface area contributed by atoms with E-state index in [2.05, 4.69) is 15.2 Å². The lowest BCUT2D eigenvalue weighted by atomic mass is 10.1. The van der Waals surface area contributed by atoms with E-state index in [9.17, 15) is 18.0 Å². The van der Waals surface area contributed by atoms with Gasteiger partial charge in [0.1, 0.15) is 6.61 Å². The average Bonchev–Trinajstić information content (AvgIpc) is 2.64. The van der Waals surface area contributed by atoms with E-state index < -0.39 is 12.8 Å². The lowest BCUT2D eigenvalue weighted by molar-refractivity contribution is -0.176. The second-order valence-electron chi connectivity index (χ2n) is 6.59. The zero-order chi connectivity index (χ0) is 20.6. The molecule has 0 radical (unpaired) electrons. The number of alkyl halides is 3. The molecule has 10 heteroatoms. The third-order valence-electron chi connectivity index (χ3n) is 4.30. The van der Waals surface area contributed by atoms with Crippen molar-refractivity contribution in [2.24, 2.45) is 4.99 Å². The molecule has 1 aliphatic heterocycles. The van der Waals surface area contributed by atoms with Crippen molar-refractivity contribution in [2.75, 3.05) is 39.3 Å². The van der Waals surface area contributed by atoms with Crippen LogP contribution in [0, 0.1) is 0 Å². The van der Waals surface area contributed by atoms with Crippen LogP contribution in [-0.2, 0) is 22.7 Å². The molecule has 164 valence electrons. The monoisotopic (exact) mass is 528 g/mol. The smallest absolute Gasteiger partial charge is 0.367 e. The van der Waals surface area contributed by atoms with Crippen LogP contribution in [0.4, 0.5) is 13.2 Å². The van der Waals surface area contributed by atoms with E-state index in [4.69, 9.17) is 4.74 Å². The van der Waals surface area contributed by atoms with Crippen molar-refractivity contribution in [1.82, 2.24) is 15.1 Å². The third-order valence-corrected chi connectivity index (χ3v) is 4.30. The van der Waals surface area contributed by atoms with Crippen molar-refractivity contribution < 1.29 is 22.7 Å². The van der Waals surface area contributed by atoms with Gasteiger partial charge in [0, 0.05) is 39.6 Å². The van der Waals surface area contributed by atoms with E-state index >= 15 is 0 Å². The molecule has 0 aromatic heterocycles. The molecule has 0 unspecified atom stereocenters. The number of hydrogen-bond donors (Lipinski definition) is 1. The van der Waals surface area contributed by atoms with Gasteiger partial charge in [-0.15, -0.1) is 24.0 Å². The van der Waals surface area contributed by atoms with Gasteiger partial charge in [-0.25, -0.2) is 4.99 Å². The Labute approximate surface area is 186 Å². The molecule has 1 saturated heterocycles. The molecule has 2 rings (SSSR count). The minimum Gasteiger partial charge on any atom is -0.367 e. The summed E-state index contributed by atoms with van der Waals surface area (Å²) in [5.74, 6) is 0.843.